The van der Waals surface area contributed by atoms with Crippen LogP contribution in [0.25, 0.3) is 0 Å². The molecule has 100 valence electrons. The van der Waals surface area contributed by atoms with E-state index in [0.717, 1.165) is 14.2 Å². The van der Waals surface area contributed by atoms with Crippen LogP contribution in [0.4, 0.5) is 13.2 Å². The van der Waals surface area contributed by atoms with Gasteiger partial charge in [0.1, 0.15) is 0 Å². The smallest absolute Gasteiger partial charge is 0.482 e. The van der Waals surface area contributed by atoms with Gasteiger partial charge in [-0.15, -0.1) is 13.2 Å². The van der Waals surface area contributed by atoms with E-state index in [1.54, 1.807) is 0 Å². The van der Waals surface area contributed by atoms with Crippen molar-refractivity contribution in [2.45, 2.75) is 6.36 Å². The maximum absolute atomic E-state index is 12.1. The molecule has 0 aliphatic carbocycles. The second-order valence-electron chi connectivity index (χ2n) is 2.95. The number of pyridine rings is 1. The van der Waals surface area contributed by atoms with Crippen molar-refractivity contribution in [2.24, 2.45) is 0 Å². The summed E-state index contributed by atoms with van der Waals surface area (Å²) in [5, 5.41) is 0. The molecule has 18 heavy (non-hydrogen) atoms. The predicted octanol–water partition coefficient (Wildman–Crippen LogP) is 1.07. The van der Waals surface area contributed by atoms with Crippen molar-refractivity contribution in [3.05, 3.63) is 22.0 Å². The third-order valence-corrected chi connectivity index (χ3v) is 1.79. The van der Waals surface area contributed by atoms with Crippen molar-refractivity contribution >= 4 is 5.97 Å². The van der Waals surface area contributed by atoms with E-state index >= 15 is 0 Å². The van der Waals surface area contributed by atoms with E-state index in [-0.39, 0.29) is 0 Å². The zero-order chi connectivity index (χ0) is 13.9. The van der Waals surface area contributed by atoms with E-state index in [0.29, 0.717) is 6.07 Å². The van der Waals surface area contributed by atoms with E-state index in [9.17, 15) is 22.8 Å². The number of carbonyl (C=O) groups excluding carboxylic acids is 1. The SMILES string of the molecule is COC(=O)c1c(OC(F)(F)F)cc(=O)[nH]c1OC. The molecular weight excluding hydrogens is 259 g/mol. The van der Waals surface area contributed by atoms with Crippen LogP contribution in [0, 0.1) is 0 Å². The van der Waals surface area contributed by atoms with Gasteiger partial charge < -0.3 is 14.2 Å². The third-order valence-electron chi connectivity index (χ3n) is 1.79. The van der Waals surface area contributed by atoms with E-state index in [4.69, 9.17) is 0 Å². The van der Waals surface area contributed by atoms with Crippen molar-refractivity contribution in [1.29, 1.82) is 0 Å². The molecule has 0 atom stereocenters. The Morgan fingerprint density at radius 2 is 1.94 bits per heavy atom. The molecule has 0 saturated carbocycles. The molecule has 0 bridgehead atoms. The average Bonchev–Trinajstić information content (AvgIpc) is 2.25. The Labute approximate surface area is 98.3 Å². The Hall–Kier alpha value is -2.19. The van der Waals surface area contributed by atoms with Gasteiger partial charge in [-0.1, -0.05) is 0 Å². The average molecular weight is 267 g/mol. The number of alkyl halides is 3. The number of carbonyl (C=O) groups is 1. The summed E-state index contributed by atoms with van der Waals surface area (Å²) in [5.74, 6) is -2.61. The van der Waals surface area contributed by atoms with Crippen molar-refractivity contribution in [3.63, 3.8) is 0 Å². The molecule has 1 rings (SSSR count). The highest BCUT2D eigenvalue weighted by Crippen LogP contribution is 2.30. The van der Waals surface area contributed by atoms with Crippen LogP contribution < -0.4 is 15.0 Å². The summed E-state index contributed by atoms with van der Waals surface area (Å²) in [5.41, 5.74) is -1.57. The summed E-state index contributed by atoms with van der Waals surface area (Å²) >= 11 is 0. The van der Waals surface area contributed by atoms with Crippen LogP contribution in [-0.4, -0.2) is 31.5 Å². The Morgan fingerprint density at radius 3 is 2.39 bits per heavy atom. The number of aromatic nitrogens is 1. The number of hydrogen-bond acceptors (Lipinski definition) is 5. The molecule has 1 aromatic heterocycles. The molecule has 1 N–H and O–H groups in total. The Kier molecular flexibility index (Phi) is 3.84. The minimum atomic E-state index is -5.05. The second kappa shape index (κ2) is 4.98. The fraction of sp³-hybridized carbons (Fsp3) is 0.333. The molecule has 0 aromatic carbocycles. The first-order valence-electron chi connectivity index (χ1n) is 4.44. The molecule has 9 heteroatoms. The van der Waals surface area contributed by atoms with Crippen LogP contribution in [0.2, 0.25) is 0 Å². The van der Waals surface area contributed by atoms with Crippen molar-refractivity contribution in [1.82, 2.24) is 4.98 Å². The van der Waals surface area contributed by atoms with Crippen molar-refractivity contribution < 1.29 is 32.2 Å². The summed E-state index contributed by atoms with van der Waals surface area (Å²) in [6, 6.07) is 0.474. The molecule has 0 unspecified atom stereocenters. The van der Waals surface area contributed by atoms with Gasteiger partial charge in [0.25, 0.3) is 5.56 Å². The first-order chi connectivity index (χ1) is 8.28. The lowest BCUT2D eigenvalue weighted by Gasteiger charge is -2.13. The van der Waals surface area contributed by atoms with Crippen molar-refractivity contribution in [2.75, 3.05) is 14.2 Å². The summed E-state index contributed by atoms with van der Waals surface area (Å²) in [6.07, 6.45) is -5.05. The fourth-order valence-electron chi connectivity index (χ4n) is 1.17. The molecule has 1 heterocycles. The number of nitrogens with one attached hydrogen (secondary N) is 1. The van der Waals surface area contributed by atoms with Crippen LogP contribution in [0.5, 0.6) is 11.6 Å². The van der Waals surface area contributed by atoms with Gasteiger partial charge in [0, 0.05) is 6.07 Å². The molecular formula is C9H8F3NO5. The van der Waals surface area contributed by atoms with E-state index in [2.05, 4.69) is 14.2 Å². The number of ether oxygens (including phenoxy) is 3. The zero-order valence-electron chi connectivity index (χ0n) is 9.25. The lowest BCUT2D eigenvalue weighted by Crippen LogP contribution is -2.22. The summed E-state index contributed by atoms with van der Waals surface area (Å²) in [6.45, 7) is 0. The van der Waals surface area contributed by atoms with Gasteiger partial charge in [0.15, 0.2) is 11.3 Å². The Balaban J connectivity index is 3.42. The van der Waals surface area contributed by atoms with Gasteiger partial charge in [-0.05, 0) is 0 Å². The maximum atomic E-state index is 12.1. The summed E-state index contributed by atoms with van der Waals surface area (Å²) < 4.78 is 48.9. The monoisotopic (exact) mass is 267 g/mol. The highest BCUT2D eigenvalue weighted by atomic mass is 19.4. The third kappa shape index (κ3) is 3.15. The number of esters is 1. The normalized spacial score (nSPS) is 10.9. The van der Waals surface area contributed by atoms with Gasteiger partial charge in [0.2, 0.25) is 5.88 Å². The number of halogens is 3. The van der Waals surface area contributed by atoms with Gasteiger partial charge in [0.05, 0.1) is 14.2 Å². The van der Waals surface area contributed by atoms with E-state index in [1.165, 1.54) is 0 Å². The van der Waals surface area contributed by atoms with Gasteiger partial charge in [-0.2, -0.15) is 0 Å². The maximum Gasteiger partial charge on any atom is 0.573 e. The molecule has 0 aliphatic heterocycles. The lowest BCUT2D eigenvalue weighted by molar-refractivity contribution is -0.274. The zero-order valence-corrected chi connectivity index (χ0v) is 9.25. The number of rotatable bonds is 3. The minimum Gasteiger partial charge on any atom is -0.482 e. The van der Waals surface area contributed by atoms with E-state index < -0.39 is 35.1 Å². The molecule has 0 saturated heterocycles. The van der Waals surface area contributed by atoms with Gasteiger partial charge in [-0.25, -0.2) is 4.79 Å². The molecule has 0 amide bonds. The largest absolute Gasteiger partial charge is 0.573 e. The first-order valence-corrected chi connectivity index (χ1v) is 4.44. The predicted molar refractivity (Wildman–Crippen MR) is 51.6 cm³/mol. The molecule has 0 aliphatic rings. The van der Waals surface area contributed by atoms with E-state index in [1.807, 2.05) is 4.98 Å². The highest BCUT2D eigenvalue weighted by molar-refractivity contribution is 5.94. The molecule has 1 aromatic rings. The van der Waals surface area contributed by atoms with Crippen LogP contribution in [-0.2, 0) is 4.74 Å². The quantitative estimate of drug-likeness (QED) is 0.829. The second-order valence-corrected chi connectivity index (χ2v) is 2.95. The van der Waals surface area contributed by atoms with Crippen LogP contribution >= 0.6 is 0 Å². The van der Waals surface area contributed by atoms with Gasteiger partial charge >= 0.3 is 12.3 Å². The van der Waals surface area contributed by atoms with Crippen molar-refractivity contribution in [3.8, 4) is 11.6 Å². The van der Waals surface area contributed by atoms with Crippen LogP contribution in [0.3, 0.4) is 0 Å². The summed E-state index contributed by atoms with van der Waals surface area (Å²) in [7, 11) is 2.03. The number of hydrogen-bond donors (Lipinski definition) is 1. The number of aromatic amines is 1. The number of H-pyrrole nitrogens is 1. The topological polar surface area (TPSA) is 77.6 Å². The Morgan fingerprint density at radius 1 is 1.33 bits per heavy atom. The minimum absolute atomic E-state index is 0.474. The standard InChI is InChI=1S/C9H8F3NO5/c1-16-7-6(8(15)17-2)4(3-5(14)13-7)18-9(10,11)12/h3H,1-2H3,(H,13,14). The molecule has 0 fully saturated rings. The summed E-state index contributed by atoms with van der Waals surface area (Å²) in [4.78, 5) is 24.5. The van der Waals surface area contributed by atoms with Crippen LogP contribution in [0.1, 0.15) is 10.4 Å². The lowest BCUT2D eigenvalue weighted by atomic mass is 10.2. The molecule has 6 nitrogen and oxygen atoms in total. The fourth-order valence-corrected chi connectivity index (χ4v) is 1.17. The van der Waals surface area contributed by atoms with Crippen LogP contribution in [0.15, 0.2) is 10.9 Å². The first kappa shape index (κ1) is 13.9. The molecule has 0 spiro atoms. The van der Waals surface area contributed by atoms with Gasteiger partial charge in [-0.3, -0.25) is 9.78 Å². The highest BCUT2D eigenvalue weighted by Gasteiger charge is 2.34. The number of methoxy groups -OCH3 is 2. The molecule has 0 radical (unpaired) electrons. The Bertz CT molecular complexity index is 508.